The molecule has 2 heterocycles. The van der Waals surface area contributed by atoms with Crippen molar-refractivity contribution >= 4 is 23.0 Å². The van der Waals surface area contributed by atoms with Crippen LogP contribution >= 0.6 is 11.3 Å². The van der Waals surface area contributed by atoms with E-state index in [4.69, 9.17) is 4.74 Å². The highest BCUT2D eigenvalue weighted by Gasteiger charge is 2.39. The lowest BCUT2D eigenvalue weighted by Crippen LogP contribution is -2.48. The van der Waals surface area contributed by atoms with Crippen molar-refractivity contribution in [3.63, 3.8) is 0 Å². The molecule has 0 spiro atoms. The van der Waals surface area contributed by atoms with Gasteiger partial charge < -0.3 is 9.64 Å². The van der Waals surface area contributed by atoms with Crippen LogP contribution in [0.3, 0.4) is 0 Å². The molecule has 1 aromatic heterocycles. The molecule has 1 aliphatic heterocycles. The minimum Gasteiger partial charge on any atom is -0.496 e. The van der Waals surface area contributed by atoms with Crippen molar-refractivity contribution in [3.8, 4) is 5.75 Å². The number of likely N-dealkylation sites (tertiary alicyclic amines) is 1. The topological polar surface area (TPSA) is 46.6 Å². The second-order valence-corrected chi connectivity index (χ2v) is 6.79. The lowest BCUT2D eigenvalue weighted by Gasteiger charge is -2.38. The first kappa shape index (κ1) is 14.6. The number of hydrogen-bond acceptors (Lipinski definition) is 4. The Bertz CT molecular complexity index is 539. The summed E-state index contributed by atoms with van der Waals surface area (Å²) in [5.41, 5.74) is 0. The molecule has 1 saturated carbocycles. The fraction of sp³-hybridized carbons (Fsp3) is 0.625. The number of ketones is 1. The average Bonchev–Trinajstić information content (AvgIpc) is 3.15. The van der Waals surface area contributed by atoms with Crippen molar-refractivity contribution in [3.05, 3.63) is 16.3 Å². The predicted molar refractivity (Wildman–Crippen MR) is 81.9 cm³/mol. The lowest BCUT2D eigenvalue weighted by atomic mass is 9.88. The molecule has 114 valence electrons. The summed E-state index contributed by atoms with van der Waals surface area (Å²) in [6.07, 6.45) is 5.73. The van der Waals surface area contributed by atoms with Gasteiger partial charge in [0.25, 0.3) is 5.91 Å². The smallest absolute Gasteiger partial charge is 0.264 e. The van der Waals surface area contributed by atoms with Crippen LogP contribution in [0.5, 0.6) is 5.75 Å². The van der Waals surface area contributed by atoms with Crippen LogP contribution in [0.15, 0.2) is 11.4 Å². The van der Waals surface area contributed by atoms with Gasteiger partial charge in [0.1, 0.15) is 11.5 Å². The van der Waals surface area contributed by atoms with Gasteiger partial charge in [0, 0.05) is 36.4 Å². The number of ether oxygens (including phenoxy) is 1. The van der Waals surface area contributed by atoms with Gasteiger partial charge in [0.05, 0.1) is 12.0 Å². The van der Waals surface area contributed by atoms with E-state index >= 15 is 0 Å². The van der Waals surface area contributed by atoms with E-state index in [1.165, 1.54) is 11.3 Å². The highest BCUT2D eigenvalue weighted by atomic mass is 32.1. The van der Waals surface area contributed by atoms with E-state index in [1.807, 2.05) is 10.3 Å². The first-order chi connectivity index (χ1) is 10.2. The molecule has 5 heteroatoms. The van der Waals surface area contributed by atoms with Gasteiger partial charge in [0.15, 0.2) is 0 Å². The van der Waals surface area contributed by atoms with Gasteiger partial charge in [-0.15, -0.1) is 11.3 Å². The maximum Gasteiger partial charge on any atom is 0.264 e. The number of carbonyl (C=O) groups is 2. The van der Waals surface area contributed by atoms with Gasteiger partial charge in [0.2, 0.25) is 0 Å². The van der Waals surface area contributed by atoms with Crippen LogP contribution in [0.1, 0.15) is 48.2 Å². The average molecular weight is 307 g/mol. The van der Waals surface area contributed by atoms with E-state index in [1.54, 1.807) is 13.2 Å². The molecule has 1 aromatic rings. The van der Waals surface area contributed by atoms with Crippen LogP contribution in [0.4, 0.5) is 0 Å². The fourth-order valence-corrected chi connectivity index (χ4v) is 4.37. The standard InChI is InChI=1S/C16H21NO3S/c1-20-11-9-15(21-10-11)16(19)17-8-3-2-6-13(17)12-5-4-7-14(12)18/h9-10,12-13H,2-8H2,1H3. The van der Waals surface area contributed by atoms with Gasteiger partial charge >= 0.3 is 0 Å². The minimum atomic E-state index is 0.0627. The number of methoxy groups -OCH3 is 1. The van der Waals surface area contributed by atoms with Crippen LogP contribution in [0, 0.1) is 5.92 Å². The Morgan fingerprint density at radius 3 is 2.86 bits per heavy atom. The third kappa shape index (κ3) is 2.84. The van der Waals surface area contributed by atoms with Crippen molar-refractivity contribution in [1.29, 1.82) is 0 Å². The maximum absolute atomic E-state index is 12.8. The monoisotopic (exact) mass is 307 g/mol. The maximum atomic E-state index is 12.8. The van der Waals surface area contributed by atoms with Crippen molar-refractivity contribution in [2.24, 2.45) is 5.92 Å². The van der Waals surface area contributed by atoms with E-state index in [0.717, 1.165) is 44.4 Å². The van der Waals surface area contributed by atoms with Gasteiger partial charge in [-0.3, -0.25) is 9.59 Å². The van der Waals surface area contributed by atoms with Crippen molar-refractivity contribution < 1.29 is 14.3 Å². The first-order valence-corrected chi connectivity index (χ1v) is 8.55. The molecule has 21 heavy (non-hydrogen) atoms. The van der Waals surface area contributed by atoms with E-state index in [9.17, 15) is 9.59 Å². The number of nitrogens with zero attached hydrogens (tertiary/aromatic N) is 1. The van der Waals surface area contributed by atoms with Crippen LogP contribution in [0.25, 0.3) is 0 Å². The molecule has 0 bridgehead atoms. The second kappa shape index (κ2) is 6.18. The van der Waals surface area contributed by atoms with Gasteiger partial charge in [-0.2, -0.15) is 0 Å². The SMILES string of the molecule is COc1csc(C(=O)N2CCCCC2C2CCCC2=O)c1. The molecule has 1 aliphatic carbocycles. The quantitative estimate of drug-likeness (QED) is 0.862. The summed E-state index contributed by atoms with van der Waals surface area (Å²) in [5.74, 6) is 1.21. The molecule has 2 atom stereocenters. The molecular formula is C16H21NO3S. The zero-order valence-corrected chi connectivity index (χ0v) is 13.2. The number of thiophene rings is 1. The summed E-state index contributed by atoms with van der Waals surface area (Å²) in [7, 11) is 1.61. The van der Waals surface area contributed by atoms with Gasteiger partial charge in [-0.25, -0.2) is 0 Å². The Kier molecular flexibility index (Phi) is 4.29. The number of piperidine rings is 1. The summed E-state index contributed by atoms with van der Waals surface area (Å²) < 4.78 is 5.16. The van der Waals surface area contributed by atoms with Crippen molar-refractivity contribution in [2.75, 3.05) is 13.7 Å². The second-order valence-electron chi connectivity index (χ2n) is 5.88. The Morgan fingerprint density at radius 2 is 2.19 bits per heavy atom. The van der Waals surface area contributed by atoms with Crippen molar-refractivity contribution in [2.45, 2.75) is 44.6 Å². The van der Waals surface area contributed by atoms with Crippen LogP contribution < -0.4 is 4.74 Å². The van der Waals surface area contributed by atoms with E-state index in [2.05, 4.69) is 0 Å². The number of rotatable bonds is 3. The molecule has 0 N–H and O–H groups in total. The minimum absolute atomic E-state index is 0.0627. The molecule has 2 aliphatic rings. The molecule has 1 saturated heterocycles. The van der Waals surface area contributed by atoms with Crippen molar-refractivity contribution in [1.82, 2.24) is 4.90 Å². The van der Waals surface area contributed by atoms with Crippen LogP contribution in [-0.2, 0) is 4.79 Å². The predicted octanol–water partition coefficient (Wildman–Crippen LogP) is 3.12. The van der Waals surface area contributed by atoms with Gasteiger partial charge in [-0.1, -0.05) is 0 Å². The summed E-state index contributed by atoms with van der Waals surface area (Å²) >= 11 is 1.42. The number of amides is 1. The third-order valence-corrected chi connectivity index (χ3v) is 5.54. The zero-order chi connectivity index (χ0) is 14.8. The number of hydrogen-bond donors (Lipinski definition) is 0. The Labute approximate surface area is 129 Å². The van der Waals surface area contributed by atoms with Gasteiger partial charge in [-0.05, 0) is 32.1 Å². The summed E-state index contributed by atoms with van der Waals surface area (Å²) in [6.45, 7) is 0.771. The molecule has 3 rings (SSSR count). The largest absolute Gasteiger partial charge is 0.496 e. The highest BCUT2D eigenvalue weighted by molar-refractivity contribution is 7.12. The number of Topliss-reactive ketones (excluding diaryl/α,β-unsaturated/α-hetero) is 1. The summed E-state index contributed by atoms with van der Waals surface area (Å²) in [4.78, 5) is 27.5. The number of carbonyl (C=O) groups excluding carboxylic acids is 2. The Morgan fingerprint density at radius 1 is 1.33 bits per heavy atom. The molecule has 1 amide bonds. The Hall–Kier alpha value is -1.36. The summed E-state index contributed by atoms with van der Waals surface area (Å²) in [5, 5.41) is 1.85. The molecule has 0 radical (unpaired) electrons. The van der Waals surface area contributed by atoms with E-state index < -0.39 is 0 Å². The first-order valence-electron chi connectivity index (χ1n) is 7.67. The Balaban J connectivity index is 1.80. The lowest BCUT2D eigenvalue weighted by molar-refractivity contribution is -0.122. The molecular weight excluding hydrogens is 286 g/mol. The highest BCUT2D eigenvalue weighted by Crippen LogP contribution is 2.34. The summed E-state index contributed by atoms with van der Waals surface area (Å²) in [6, 6.07) is 1.91. The third-order valence-electron chi connectivity index (χ3n) is 4.65. The molecule has 2 unspecified atom stereocenters. The normalized spacial score (nSPS) is 26.1. The van der Waals surface area contributed by atoms with E-state index in [-0.39, 0.29) is 17.9 Å². The molecule has 4 nitrogen and oxygen atoms in total. The van der Waals surface area contributed by atoms with E-state index in [0.29, 0.717) is 17.1 Å². The molecule has 2 fully saturated rings. The molecule has 0 aromatic carbocycles. The zero-order valence-electron chi connectivity index (χ0n) is 12.3. The fourth-order valence-electron chi connectivity index (χ4n) is 3.56. The van der Waals surface area contributed by atoms with Crippen LogP contribution in [-0.4, -0.2) is 36.3 Å². The van der Waals surface area contributed by atoms with Crippen LogP contribution in [0.2, 0.25) is 0 Å².